The van der Waals surface area contributed by atoms with Gasteiger partial charge in [-0.15, -0.1) is 5.10 Å². The molecular weight excluding hydrogens is 193 g/mol. The van der Waals surface area contributed by atoms with Gasteiger partial charge in [-0.1, -0.05) is 22.9 Å². The quantitative estimate of drug-likeness (QED) is 0.701. The molecule has 1 heterocycles. The third-order valence-corrected chi connectivity index (χ3v) is 1.89. The number of benzene rings is 1. The largest absolute Gasteiger partial charge is 0.218 e. The van der Waals surface area contributed by atoms with Crippen molar-refractivity contribution in [1.29, 1.82) is 0 Å². The summed E-state index contributed by atoms with van der Waals surface area (Å²) in [5.74, 6) is -0.491. The molecule has 2 rings (SSSR count). The van der Waals surface area contributed by atoms with Crippen molar-refractivity contribution in [2.75, 3.05) is 0 Å². The Balaban J connectivity index is 2.59. The van der Waals surface area contributed by atoms with E-state index in [0.717, 1.165) is 0 Å². The van der Waals surface area contributed by atoms with Gasteiger partial charge in [0.2, 0.25) is 0 Å². The zero-order valence-corrected chi connectivity index (χ0v) is 7.24. The van der Waals surface area contributed by atoms with Gasteiger partial charge < -0.3 is 0 Å². The highest BCUT2D eigenvalue weighted by Gasteiger charge is 2.07. The van der Waals surface area contributed by atoms with Gasteiger partial charge in [-0.3, -0.25) is 0 Å². The zero-order valence-electron chi connectivity index (χ0n) is 6.48. The predicted octanol–water partition coefficient (Wildman–Crippen LogP) is 2.06. The van der Waals surface area contributed by atoms with Gasteiger partial charge in [-0.25, -0.2) is 9.07 Å². The first-order valence-electron chi connectivity index (χ1n) is 3.60. The normalized spacial score (nSPS) is 10.3. The van der Waals surface area contributed by atoms with Crippen molar-refractivity contribution in [3.05, 3.63) is 41.4 Å². The van der Waals surface area contributed by atoms with Crippen molar-refractivity contribution in [2.24, 2.45) is 0 Å². The van der Waals surface area contributed by atoms with Crippen LogP contribution in [0.3, 0.4) is 0 Å². The molecule has 0 amide bonds. The summed E-state index contributed by atoms with van der Waals surface area (Å²) in [6.07, 6.45) is 3.02. The van der Waals surface area contributed by atoms with Crippen molar-refractivity contribution in [2.45, 2.75) is 0 Å². The van der Waals surface area contributed by atoms with Crippen LogP contribution in [0.5, 0.6) is 0 Å². The lowest BCUT2D eigenvalue weighted by Gasteiger charge is -2.02. The average molecular weight is 198 g/mol. The molecule has 0 radical (unpaired) electrons. The molecule has 3 nitrogen and oxygen atoms in total. The first kappa shape index (κ1) is 8.19. The summed E-state index contributed by atoms with van der Waals surface area (Å²) in [4.78, 5) is 0. The molecule has 1 aromatic heterocycles. The fourth-order valence-electron chi connectivity index (χ4n) is 1.01. The van der Waals surface area contributed by atoms with Crippen molar-refractivity contribution in [3.8, 4) is 5.69 Å². The van der Waals surface area contributed by atoms with Crippen LogP contribution in [0.15, 0.2) is 30.6 Å². The molecule has 0 bridgehead atoms. The molecule has 0 unspecified atom stereocenters. The number of aromatic nitrogens is 3. The number of hydrogen-bond acceptors (Lipinski definition) is 2. The average Bonchev–Trinajstić information content (AvgIpc) is 2.62. The summed E-state index contributed by atoms with van der Waals surface area (Å²) in [6.45, 7) is 0. The van der Waals surface area contributed by atoms with Crippen molar-refractivity contribution in [1.82, 2.24) is 15.0 Å². The number of nitrogens with zero attached hydrogens (tertiary/aromatic N) is 3. The molecule has 2 aromatic rings. The van der Waals surface area contributed by atoms with Gasteiger partial charge in [-0.05, 0) is 12.1 Å². The van der Waals surface area contributed by atoms with E-state index in [1.165, 1.54) is 16.9 Å². The van der Waals surface area contributed by atoms with E-state index in [0.29, 0.717) is 5.69 Å². The molecule has 0 saturated carbocycles. The molecule has 0 aliphatic carbocycles. The monoisotopic (exact) mass is 197 g/mol. The molecule has 0 saturated heterocycles. The molecule has 0 fully saturated rings. The third-order valence-electron chi connectivity index (χ3n) is 1.60. The lowest BCUT2D eigenvalue weighted by molar-refractivity contribution is 0.607. The maximum Gasteiger partial charge on any atom is 0.167 e. The Morgan fingerprint density at radius 1 is 1.38 bits per heavy atom. The second-order valence-electron chi connectivity index (χ2n) is 2.42. The maximum atomic E-state index is 13.3. The Morgan fingerprint density at radius 3 is 2.92 bits per heavy atom. The summed E-state index contributed by atoms with van der Waals surface area (Å²) in [5, 5.41) is 7.31. The van der Waals surface area contributed by atoms with Crippen LogP contribution < -0.4 is 0 Å². The first-order valence-corrected chi connectivity index (χ1v) is 3.97. The molecule has 0 N–H and O–H groups in total. The van der Waals surface area contributed by atoms with Gasteiger partial charge in [0, 0.05) is 0 Å². The van der Waals surface area contributed by atoms with Crippen LogP contribution in [0.2, 0.25) is 5.02 Å². The Hall–Kier alpha value is -1.42. The molecule has 66 valence electrons. The highest BCUT2D eigenvalue weighted by molar-refractivity contribution is 6.30. The molecular formula is C8H5ClFN3. The fraction of sp³-hybridized carbons (Fsp3) is 0. The van der Waals surface area contributed by atoms with Gasteiger partial charge in [0.1, 0.15) is 5.69 Å². The standard InChI is InChI=1S/C8H5ClFN3/c9-6-2-1-3-7(8(6)10)13-5-4-11-12-13/h1-5H. The topological polar surface area (TPSA) is 30.7 Å². The minimum atomic E-state index is -0.491. The number of rotatable bonds is 1. The molecule has 0 atom stereocenters. The van der Waals surface area contributed by atoms with E-state index in [1.54, 1.807) is 18.3 Å². The molecule has 0 aliphatic heterocycles. The van der Waals surface area contributed by atoms with E-state index in [9.17, 15) is 4.39 Å². The minimum Gasteiger partial charge on any atom is -0.218 e. The van der Waals surface area contributed by atoms with Crippen LogP contribution >= 0.6 is 11.6 Å². The summed E-state index contributed by atoms with van der Waals surface area (Å²) in [6, 6.07) is 4.72. The summed E-state index contributed by atoms with van der Waals surface area (Å²) in [7, 11) is 0. The Bertz CT molecular complexity index is 413. The van der Waals surface area contributed by atoms with Gasteiger partial charge in [0.05, 0.1) is 17.4 Å². The summed E-state index contributed by atoms with van der Waals surface area (Å²) >= 11 is 5.59. The molecule has 1 aromatic carbocycles. The predicted molar refractivity (Wildman–Crippen MR) is 46.3 cm³/mol. The zero-order chi connectivity index (χ0) is 9.26. The summed E-state index contributed by atoms with van der Waals surface area (Å²) < 4.78 is 14.7. The van der Waals surface area contributed by atoms with Crippen molar-refractivity contribution < 1.29 is 4.39 Å². The highest BCUT2D eigenvalue weighted by atomic mass is 35.5. The Morgan fingerprint density at radius 2 is 2.23 bits per heavy atom. The van der Waals surface area contributed by atoms with E-state index in [1.807, 2.05) is 0 Å². The third kappa shape index (κ3) is 1.40. The SMILES string of the molecule is Fc1c(Cl)cccc1-n1ccnn1. The lowest BCUT2D eigenvalue weighted by atomic mass is 10.3. The Labute approximate surface area is 78.8 Å². The van der Waals surface area contributed by atoms with Crippen molar-refractivity contribution >= 4 is 11.6 Å². The molecule has 5 heteroatoms. The number of halogens is 2. The Kier molecular flexibility index (Phi) is 1.98. The van der Waals surface area contributed by atoms with Gasteiger partial charge in [-0.2, -0.15) is 0 Å². The molecule has 0 aliphatic rings. The number of hydrogen-bond donors (Lipinski definition) is 0. The van der Waals surface area contributed by atoms with Crippen LogP contribution in [-0.2, 0) is 0 Å². The highest BCUT2D eigenvalue weighted by Crippen LogP contribution is 2.19. The second kappa shape index (κ2) is 3.14. The van der Waals surface area contributed by atoms with E-state index < -0.39 is 5.82 Å². The van der Waals surface area contributed by atoms with Crippen LogP contribution in [0, 0.1) is 5.82 Å². The van der Waals surface area contributed by atoms with E-state index >= 15 is 0 Å². The van der Waals surface area contributed by atoms with E-state index in [-0.39, 0.29) is 5.02 Å². The van der Waals surface area contributed by atoms with Crippen LogP contribution in [0.1, 0.15) is 0 Å². The fourth-order valence-corrected chi connectivity index (χ4v) is 1.18. The molecule has 0 spiro atoms. The first-order chi connectivity index (χ1) is 6.29. The maximum absolute atomic E-state index is 13.3. The van der Waals surface area contributed by atoms with Crippen molar-refractivity contribution in [3.63, 3.8) is 0 Å². The lowest BCUT2D eigenvalue weighted by Crippen LogP contribution is -1.98. The minimum absolute atomic E-state index is 0.0769. The second-order valence-corrected chi connectivity index (χ2v) is 2.83. The van der Waals surface area contributed by atoms with Crippen LogP contribution in [0.25, 0.3) is 5.69 Å². The van der Waals surface area contributed by atoms with Gasteiger partial charge >= 0.3 is 0 Å². The summed E-state index contributed by atoms with van der Waals surface area (Å²) in [5.41, 5.74) is 0.296. The smallest absolute Gasteiger partial charge is 0.167 e. The van der Waals surface area contributed by atoms with Gasteiger partial charge in [0.25, 0.3) is 0 Å². The van der Waals surface area contributed by atoms with E-state index in [4.69, 9.17) is 11.6 Å². The van der Waals surface area contributed by atoms with E-state index in [2.05, 4.69) is 10.3 Å². The molecule has 13 heavy (non-hydrogen) atoms. The van der Waals surface area contributed by atoms with Crippen LogP contribution in [-0.4, -0.2) is 15.0 Å². The van der Waals surface area contributed by atoms with Gasteiger partial charge in [0.15, 0.2) is 5.82 Å². The van der Waals surface area contributed by atoms with Crippen LogP contribution in [0.4, 0.5) is 4.39 Å².